The second-order valence-corrected chi connectivity index (χ2v) is 4.29. The summed E-state index contributed by atoms with van der Waals surface area (Å²) in [7, 11) is 6.09. The molecule has 1 N–H and O–H groups in total. The van der Waals surface area contributed by atoms with Crippen LogP contribution in [0.15, 0.2) is 0 Å². The van der Waals surface area contributed by atoms with Gasteiger partial charge < -0.3 is 10.2 Å². The van der Waals surface area contributed by atoms with Gasteiger partial charge >= 0.3 is 0 Å². The van der Waals surface area contributed by atoms with Crippen LogP contribution in [0.4, 0.5) is 0 Å². The lowest BCUT2D eigenvalue weighted by atomic mass is 10.2. The second-order valence-electron chi connectivity index (χ2n) is 4.29. The molecule has 0 saturated heterocycles. The third-order valence-corrected chi connectivity index (χ3v) is 2.51. The number of nitrogens with zero attached hydrogens (tertiary/aromatic N) is 4. The maximum Gasteiger partial charge on any atom is 0.0996 e. The van der Waals surface area contributed by atoms with Gasteiger partial charge in [0.1, 0.15) is 0 Å². The van der Waals surface area contributed by atoms with Gasteiger partial charge in [0.15, 0.2) is 0 Å². The molecule has 1 aromatic rings. The van der Waals surface area contributed by atoms with Gasteiger partial charge in [-0.25, -0.2) is 4.68 Å². The van der Waals surface area contributed by atoms with Crippen molar-refractivity contribution in [2.75, 3.05) is 27.7 Å². The second kappa shape index (κ2) is 6.60. The molecule has 0 saturated carbocycles. The molecule has 0 fully saturated rings. The molecule has 0 aliphatic rings. The van der Waals surface area contributed by atoms with E-state index in [1.165, 1.54) is 5.69 Å². The summed E-state index contributed by atoms with van der Waals surface area (Å²) in [4.78, 5) is 2.16. The highest BCUT2D eigenvalue weighted by molar-refractivity contribution is 5.10. The predicted octanol–water partition coefficient (Wildman–Crippen LogP) is 0.512. The van der Waals surface area contributed by atoms with E-state index in [2.05, 4.69) is 41.5 Å². The quantitative estimate of drug-likeness (QED) is 0.734. The van der Waals surface area contributed by atoms with Crippen molar-refractivity contribution >= 4 is 0 Å². The van der Waals surface area contributed by atoms with E-state index in [1.54, 1.807) is 0 Å². The van der Waals surface area contributed by atoms with Crippen molar-refractivity contribution in [3.05, 3.63) is 11.4 Å². The van der Waals surface area contributed by atoms with E-state index >= 15 is 0 Å². The number of aromatic nitrogens is 3. The fraction of sp³-hybridized carbons (Fsp3) is 0.818. The Bertz CT molecular complexity index is 305. The highest BCUT2D eigenvalue weighted by atomic mass is 15.4. The van der Waals surface area contributed by atoms with Gasteiger partial charge in [0, 0.05) is 13.1 Å². The average molecular weight is 225 g/mol. The molecule has 1 rings (SSSR count). The van der Waals surface area contributed by atoms with Crippen LogP contribution in [-0.4, -0.2) is 47.6 Å². The smallest absolute Gasteiger partial charge is 0.0996 e. The first-order valence-electron chi connectivity index (χ1n) is 5.89. The predicted molar refractivity (Wildman–Crippen MR) is 65.3 cm³/mol. The maximum atomic E-state index is 4.23. The van der Waals surface area contributed by atoms with E-state index in [-0.39, 0.29) is 0 Å². The van der Waals surface area contributed by atoms with E-state index in [9.17, 15) is 0 Å². The van der Waals surface area contributed by atoms with Crippen LogP contribution in [0.2, 0.25) is 0 Å². The molecule has 1 aromatic heterocycles. The van der Waals surface area contributed by atoms with Crippen LogP contribution in [0.3, 0.4) is 0 Å². The number of hydrogen-bond donors (Lipinski definition) is 1. The van der Waals surface area contributed by atoms with Crippen molar-refractivity contribution in [1.82, 2.24) is 25.2 Å². The third kappa shape index (κ3) is 3.57. The minimum absolute atomic E-state index is 0.803. The molecule has 0 aliphatic carbocycles. The SMILES string of the molecule is CCCc1c(CNC)nnn1CCN(C)C. The zero-order chi connectivity index (χ0) is 12.0. The van der Waals surface area contributed by atoms with Crippen molar-refractivity contribution < 1.29 is 0 Å². The van der Waals surface area contributed by atoms with Crippen molar-refractivity contribution in [1.29, 1.82) is 0 Å². The van der Waals surface area contributed by atoms with Crippen LogP contribution in [-0.2, 0) is 19.5 Å². The number of hydrogen-bond acceptors (Lipinski definition) is 4. The van der Waals surface area contributed by atoms with Gasteiger partial charge in [0.2, 0.25) is 0 Å². The van der Waals surface area contributed by atoms with Crippen LogP contribution in [0.25, 0.3) is 0 Å². The molecule has 16 heavy (non-hydrogen) atoms. The van der Waals surface area contributed by atoms with E-state index in [0.717, 1.165) is 38.2 Å². The van der Waals surface area contributed by atoms with Crippen molar-refractivity contribution in [2.45, 2.75) is 32.9 Å². The first kappa shape index (κ1) is 13.1. The summed E-state index contributed by atoms with van der Waals surface area (Å²) in [6.45, 7) is 4.90. The van der Waals surface area contributed by atoms with Gasteiger partial charge in [0.25, 0.3) is 0 Å². The molecule has 0 amide bonds. The molecule has 92 valence electrons. The fourth-order valence-electron chi connectivity index (χ4n) is 1.66. The minimum Gasteiger partial charge on any atom is -0.314 e. The lowest BCUT2D eigenvalue weighted by Gasteiger charge is -2.11. The van der Waals surface area contributed by atoms with Gasteiger partial charge in [-0.1, -0.05) is 18.6 Å². The van der Waals surface area contributed by atoms with E-state index in [1.807, 2.05) is 11.7 Å². The normalized spacial score (nSPS) is 11.3. The first-order chi connectivity index (χ1) is 7.69. The third-order valence-electron chi connectivity index (χ3n) is 2.51. The molecule has 0 bridgehead atoms. The molecular weight excluding hydrogens is 202 g/mol. The molecule has 0 atom stereocenters. The van der Waals surface area contributed by atoms with E-state index < -0.39 is 0 Å². The Morgan fingerprint density at radius 2 is 2.12 bits per heavy atom. The average Bonchev–Trinajstić information content (AvgIpc) is 2.60. The highest BCUT2D eigenvalue weighted by Gasteiger charge is 2.10. The number of rotatable bonds is 7. The molecule has 0 aromatic carbocycles. The van der Waals surface area contributed by atoms with Crippen LogP contribution >= 0.6 is 0 Å². The summed E-state index contributed by atoms with van der Waals surface area (Å²) < 4.78 is 2.04. The van der Waals surface area contributed by atoms with Crippen LogP contribution in [0.1, 0.15) is 24.7 Å². The lowest BCUT2D eigenvalue weighted by Crippen LogP contribution is -2.20. The van der Waals surface area contributed by atoms with Gasteiger partial charge in [-0.15, -0.1) is 5.10 Å². The summed E-state index contributed by atoms with van der Waals surface area (Å²) in [5.41, 5.74) is 2.36. The van der Waals surface area contributed by atoms with E-state index in [4.69, 9.17) is 0 Å². The molecular formula is C11H23N5. The summed E-state index contributed by atoms with van der Waals surface area (Å²) >= 11 is 0. The maximum absolute atomic E-state index is 4.23. The van der Waals surface area contributed by atoms with Crippen LogP contribution < -0.4 is 5.32 Å². The number of likely N-dealkylation sites (N-methyl/N-ethyl adjacent to an activating group) is 1. The Labute approximate surface area is 97.8 Å². The summed E-state index contributed by atoms with van der Waals surface area (Å²) in [6.07, 6.45) is 2.18. The summed E-state index contributed by atoms with van der Waals surface area (Å²) in [5.74, 6) is 0. The molecule has 0 spiro atoms. The van der Waals surface area contributed by atoms with Gasteiger partial charge in [-0.05, 0) is 27.6 Å². The van der Waals surface area contributed by atoms with Crippen molar-refractivity contribution in [2.24, 2.45) is 0 Å². The lowest BCUT2D eigenvalue weighted by molar-refractivity contribution is 0.366. The number of nitrogens with one attached hydrogen (secondary N) is 1. The largest absolute Gasteiger partial charge is 0.314 e. The Morgan fingerprint density at radius 1 is 1.38 bits per heavy atom. The van der Waals surface area contributed by atoms with Crippen LogP contribution in [0, 0.1) is 0 Å². The molecule has 0 aliphatic heterocycles. The molecule has 0 radical (unpaired) electrons. The highest BCUT2D eigenvalue weighted by Crippen LogP contribution is 2.08. The van der Waals surface area contributed by atoms with Crippen molar-refractivity contribution in [3.63, 3.8) is 0 Å². The Hall–Kier alpha value is -0.940. The Balaban J connectivity index is 2.73. The fourth-order valence-corrected chi connectivity index (χ4v) is 1.66. The zero-order valence-corrected chi connectivity index (χ0v) is 10.8. The summed E-state index contributed by atoms with van der Waals surface area (Å²) in [6, 6.07) is 0. The van der Waals surface area contributed by atoms with Crippen molar-refractivity contribution in [3.8, 4) is 0 Å². The molecule has 0 unspecified atom stereocenters. The standard InChI is InChI=1S/C11H23N5/c1-5-6-11-10(9-12-2)13-14-16(11)8-7-15(3)4/h12H,5-9H2,1-4H3. The van der Waals surface area contributed by atoms with E-state index in [0.29, 0.717) is 0 Å². The Morgan fingerprint density at radius 3 is 2.69 bits per heavy atom. The van der Waals surface area contributed by atoms with Crippen LogP contribution in [0.5, 0.6) is 0 Å². The minimum atomic E-state index is 0.803. The molecule has 1 heterocycles. The zero-order valence-electron chi connectivity index (χ0n) is 10.8. The van der Waals surface area contributed by atoms with Gasteiger partial charge in [0.05, 0.1) is 17.9 Å². The molecule has 5 heteroatoms. The van der Waals surface area contributed by atoms with Gasteiger partial charge in [-0.3, -0.25) is 0 Å². The Kier molecular flexibility index (Phi) is 5.42. The summed E-state index contributed by atoms with van der Waals surface area (Å²) in [5, 5.41) is 11.6. The monoisotopic (exact) mass is 225 g/mol. The first-order valence-corrected chi connectivity index (χ1v) is 5.89. The van der Waals surface area contributed by atoms with Gasteiger partial charge in [-0.2, -0.15) is 0 Å². The topological polar surface area (TPSA) is 46.0 Å². The molecule has 5 nitrogen and oxygen atoms in total.